The largest absolute Gasteiger partial charge is 0.468 e. The van der Waals surface area contributed by atoms with E-state index in [1.54, 1.807) is 0 Å². The van der Waals surface area contributed by atoms with Crippen LogP contribution in [0.25, 0.3) is 10.9 Å². The Labute approximate surface area is 223 Å². The van der Waals surface area contributed by atoms with Gasteiger partial charge in [-0.25, -0.2) is 0 Å². The zero-order chi connectivity index (χ0) is 25.4. The number of morpholine rings is 1. The van der Waals surface area contributed by atoms with Gasteiger partial charge in [-0.1, -0.05) is 41.9 Å². The molecular weight excluding hydrogens is 488 g/mol. The lowest BCUT2D eigenvalue weighted by molar-refractivity contribution is -0.152. The summed E-state index contributed by atoms with van der Waals surface area (Å²) in [6.45, 7) is 5.56. The van der Waals surface area contributed by atoms with E-state index in [1.807, 2.05) is 12.1 Å². The number of fused-ring (bicyclic) bond motifs is 5. The van der Waals surface area contributed by atoms with Gasteiger partial charge in [0, 0.05) is 66.3 Å². The Bertz CT molecular complexity index is 1260. The number of hydrogen-bond acceptors (Lipinski definition) is 6. The zero-order valence-corrected chi connectivity index (χ0v) is 22.0. The normalized spacial score (nSPS) is 26.5. The van der Waals surface area contributed by atoms with Gasteiger partial charge in [-0.05, 0) is 42.2 Å². The molecule has 0 amide bonds. The summed E-state index contributed by atoms with van der Waals surface area (Å²) in [7, 11) is 1.50. The van der Waals surface area contributed by atoms with Gasteiger partial charge in [0.2, 0.25) is 0 Å². The molecule has 8 heteroatoms. The van der Waals surface area contributed by atoms with E-state index in [1.165, 1.54) is 23.8 Å². The predicted octanol–water partition coefficient (Wildman–Crippen LogP) is 4.09. The maximum absolute atomic E-state index is 13.2. The van der Waals surface area contributed by atoms with Gasteiger partial charge in [-0.2, -0.15) is 0 Å². The first-order valence-corrected chi connectivity index (χ1v) is 13.7. The second kappa shape index (κ2) is 10.8. The Morgan fingerprint density at radius 3 is 2.76 bits per heavy atom. The van der Waals surface area contributed by atoms with Gasteiger partial charge in [0.05, 0.1) is 26.4 Å². The average molecular weight is 523 g/mol. The van der Waals surface area contributed by atoms with Crippen molar-refractivity contribution in [1.82, 2.24) is 20.1 Å². The van der Waals surface area contributed by atoms with E-state index < -0.39 is 0 Å². The minimum absolute atomic E-state index is 0.0435. The number of esters is 1. The number of H-pyrrole nitrogens is 1. The topological polar surface area (TPSA) is 69.8 Å². The number of halogens is 1. The van der Waals surface area contributed by atoms with Crippen LogP contribution in [0.2, 0.25) is 5.02 Å². The maximum atomic E-state index is 13.2. The summed E-state index contributed by atoms with van der Waals surface area (Å²) in [5.74, 6) is -0.174. The molecule has 7 nitrogen and oxygen atoms in total. The van der Waals surface area contributed by atoms with E-state index >= 15 is 0 Å². The molecule has 3 aliphatic rings. The molecule has 37 heavy (non-hydrogen) atoms. The molecule has 0 aliphatic carbocycles. The van der Waals surface area contributed by atoms with Gasteiger partial charge in [-0.15, -0.1) is 0 Å². The van der Waals surface area contributed by atoms with Crippen molar-refractivity contribution in [3.63, 3.8) is 0 Å². The highest BCUT2D eigenvalue weighted by Gasteiger charge is 2.48. The molecule has 0 saturated carbocycles. The molecule has 1 aromatic heterocycles. The lowest BCUT2D eigenvalue weighted by Crippen LogP contribution is -2.56. The summed E-state index contributed by atoms with van der Waals surface area (Å²) in [5, 5.41) is 5.79. The SMILES string of the molecule is COC(=O)[C@@H]1Cc2c([nH]c3ccccc23)[C@H]2C[C@@H](NCCN3CCOCC3)C[C@@H](c3cccc(Cl)c3)N21. The third-order valence-corrected chi connectivity index (χ3v) is 8.58. The summed E-state index contributed by atoms with van der Waals surface area (Å²) in [5.41, 5.74) is 4.74. The highest BCUT2D eigenvalue weighted by Crippen LogP contribution is 2.49. The third kappa shape index (κ3) is 4.91. The van der Waals surface area contributed by atoms with E-state index in [0.717, 1.165) is 68.3 Å². The van der Waals surface area contributed by atoms with Gasteiger partial charge < -0.3 is 19.8 Å². The van der Waals surface area contributed by atoms with Crippen LogP contribution in [-0.4, -0.2) is 79.3 Å². The molecule has 3 aliphatic heterocycles. The van der Waals surface area contributed by atoms with Gasteiger partial charge in [0.15, 0.2) is 0 Å². The zero-order valence-electron chi connectivity index (χ0n) is 21.3. The molecule has 196 valence electrons. The van der Waals surface area contributed by atoms with Crippen LogP contribution in [-0.2, 0) is 20.7 Å². The van der Waals surface area contributed by atoms with E-state index in [2.05, 4.69) is 56.5 Å². The lowest BCUT2D eigenvalue weighted by atomic mass is 9.79. The number of nitrogens with zero attached hydrogens (tertiary/aromatic N) is 2. The van der Waals surface area contributed by atoms with Crippen LogP contribution < -0.4 is 5.32 Å². The number of ether oxygens (including phenoxy) is 2. The summed E-state index contributed by atoms with van der Waals surface area (Å²) in [6, 6.07) is 16.6. The highest BCUT2D eigenvalue weighted by molar-refractivity contribution is 6.30. The van der Waals surface area contributed by atoms with Gasteiger partial charge in [0.1, 0.15) is 6.04 Å². The second-order valence-electron chi connectivity index (χ2n) is 10.4. The van der Waals surface area contributed by atoms with Crippen LogP contribution in [0.3, 0.4) is 0 Å². The number of benzene rings is 2. The molecule has 4 atom stereocenters. The molecular formula is C29H35ClN4O3. The van der Waals surface area contributed by atoms with Crippen molar-refractivity contribution in [2.75, 3.05) is 46.5 Å². The Morgan fingerprint density at radius 2 is 1.95 bits per heavy atom. The number of carbonyl (C=O) groups excluding carboxylic acids is 1. The second-order valence-corrected chi connectivity index (χ2v) is 10.9. The lowest BCUT2D eigenvalue weighted by Gasteiger charge is -2.51. The fourth-order valence-electron chi connectivity index (χ4n) is 6.60. The molecule has 3 aromatic rings. The first kappa shape index (κ1) is 24.9. The van der Waals surface area contributed by atoms with Crippen molar-refractivity contribution in [3.8, 4) is 0 Å². The Morgan fingerprint density at radius 1 is 1.14 bits per heavy atom. The molecule has 0 radical (unpaired) electrons. The number of hydrogen-bond donors (Lipinski definition) is 2. The molecule has 4 heterocycles. The van der Waals surface area contributed by atoms with Crippen LogP contribution in [0.1, 0.15) is 41.7 Å². The molecule has 0 spiro atoms. The standard InChI is InChI=1S/C29H35ClN4O3/c1-36-29(35)27-18-23-22-7-2-3-8-24(22)32-28(23)26-17-21(31-9-10-33-11-13-37-14-12-33)16-25(34(26)27)19-5-4-6-20(30)15-19/h2-8,15,21,25-27,31-32H,9-14,16-18H2,1H3/t21-,25-,26+,27-/m0/s1. The van der Waals surface area contributed by atoms with Gasteiger partial charge in [-0.3, -0.25) is 14.6 Å². The predicted molar refractivity (Wildman–Crippen MR) is 145 cm³/mol. The monoisotopic (exact) mass is 522 g/mol. The number of para-hydroxylation sites is 1. The number of nitrogens with one attached hydrogen (secondary N) is 2. The smallest absolute Gasteiger partial charge is 0.323 e. The molecule has 2 fully saturated rings. The van der Waals surface area contributed by atoms with Crippen molar-refractivity contribution in [1.29, 1.82) is 0 Å². The van der Waals surface area contributed by atoms with Gasteiger partial charge >= 0.3 is 5.97 Å². The van der Waals surface area contributed by atoms with Crippen LogP contribution >= 0.6 is 11.6 Å². The van der Waals surface area contributed by atoms with E-state index in [0.29, 0.717) is 12.5 Å². The minimum Gasteiger partial charge on any atom is -0.468 e. The Balaban J connectivity index is 1.35. The number of aromatic amines is 1. The Kier molecular flexibility index (Phi) is 7.23. The molecule has 2 saturated heterocycles. The van der Waals surface area contributed by atoms with Gasteiger partial charge in [0.25, 0.3) is 0 Å². The van der Waals surface area contributed by atoms with Crippen molar-refractivity contribution in [2.24, 2.45) is 0 Å². The van der Waals surface area contributed by atoms with Crippen molar-refractivity contribution >= 4 is 28.5 Å². The quantitative estimate of drug-likeness (QED) is 0.475. The van der Waals surface area contributed by atoms with Crippen LogP contribution in [0.15, 0.2) is 48.5 Å². The highest BCUT2D eigenvalue weighted by atomic mass is 35.5. The molecule has 0 bridgehead atoms. The molecule has 2 aromatic carbocycles. The Hall–Kier alpha value is -2.42. The fourth-order valence-corrected chi connectivity index (χ4v) is 6.80. The van der Waals surface area contributed by atoms with E-state index in [9.17, 15) is 4.79 Å². The first-order valence-electron chi connectivity index (χ1n) is 13.4. The first-order chi connectivity index (χ1) is 18.1. The summed E-state index contributed by atoms with van der Waals surface area (Å²) in [4.78, 5) is 21.8. The number of piperidine rings is 1. The van der Waals surface area contributed by atoms with Crippen molar-refractivity contribution in [2.45, 2.75) is 43.4 Å². The summed E-state index contributed by atoms with van der Waals surface area (Å²) >= 11 is 6.46. The molecule has 0 unspecified atom stereocenters. The molecule has 6 rings (SSSR count). The van der Waals surface area contributed by atoms with Crippen molar-refractivity contribution < 1.29 is 14.3 Å². The minimum atomic E-state index is -0.347. The number of rotatable bonds is 6. The van der Waals surface area contributed by atoms with Crippen LogP contribution in [0, 0.1) is 0 Å². The number of methoxy groups -OCH3 is 1. The number of carbonyl (C=O) groups is 1. The van der Waals surface area contributed by atoms with Crippen LogP contribution in [0.5, 0.6) is 0 Å². The third-order valence-electron chi connectivity index (χ3n) is 8.34. The van der Waals surface area contributed by atoms with E-state index in [4.69, 9.17) is 21.1 Å². The van der Waals surface area contributed by atoms with Crippen molar-refractivity contribution in [3.05, 3.63) is 70.4 Å². The van der Waals surface area contributed by atoms with Crippen LogP contribution in [0.4, 0.5) is 0 Å². The maximum Gasteiger partial charge on any atom is 0.323 e. The fraction of sp³-hybridized carbons (Fsp3) is 0.483. The summed E-state index contributed by atoms with van der Waals surface area (Å²) < 4.78 is 10.9. The molecule has 2 N–H and O–H groups in total. The average Bonchev–Trinajstić information content (AvgIpc) is 3.31. The summed E-state index contributed by atoms with van der Waals surface area (Å²) in [6.07, 6.45) is 2.46. The van der Waals surface area contributed by atoms with E-state index in [-0.39, 0.29) is 24.1 Å². The number of aromatic nitrogens is 1.